The van der Waals surface area contributed by atoms with Crippen molar-refractivity contribution in [1.82, 2.24) is 0 Å². The Bertz CT molecular complexity index is 123. The lowest BCUT2D eigenvalue weighted by molar-refractivity contribution is 0.399. The highest BCUT2D eigenvalue weighted by atomic mass is 32.1. The molecule has 0 aromatic carbocycles. The van der Waals surface area contributed by atoms with Gasteiger partial charge in [-0.1, -0.05) is 19.8 Å². The Balaban J connectivity index is 2.41. The van der Waals surface area contributed by atoms with Crippen LogP contribution in [0.5, 0.6) is 0 Å². The molecule has 1 heteroatoms. The first kappa shape index (κ1) is 7.11. The first-order chi connectivity index (χ1) is 4.34. The van der Waals surface area contributed by atoms with Gasteiger partial charge in [-0.05, 0) is 18.8 Å². The fourth-order valence-electron chi connectivity index (χ4n) is 1.48. The van der Waals surface area contributed by atoms with Crippen molar-refractivity contribution in [3.63, 3.8) is 0 Å². The van der Waals surface area contributed by atoms with Gasteiger partial charge in [0.2, 0.25) is 0 Å². The van der Waals surface area contributed by atoms with Crippen LogP contribution in [-0.2, 0) is 0 Å². The maximum atomic E-state index is 5.51. The minimum atomic E-state index is 0.749. The fraction of sp³-hybridized carbons (Fsp3) is 0.875. The van der Waals surface area contributed by atoms with Crippen LogP contribution < -0.4 is 0 Å². The topological polar surface area (TPSA) is 0 Å². The summed E-state index contributed by atoms with van der Waals surface area (Å²) in [7, 11) is 0. The quantitative estimate of drug-likeness (QED) is 0.488. The smallest absolute Gasteiger partial charge is 0.0314 e. The molecule has 52 valence electrons. The van der Waals surface area contributed by atoms with Gasteiger partial charge in [0.1, 0.15) is 0 Å². The maximum Gasteiger partial charge on any atom is 0.0314 e. The Morgan fingerprint density at radius 1 is 1.33 bits per heavy atom. The van der Waals surface area contributed by atoms with Crippen LogP contribution in [-0.4, -0.2) is 5.25 Å². The average molecular weight is 142 g/mol. The summed E-state index contributed by atoms with van der Waals surface area (Å²) in [5.74, 6) is 0.855. The van der Waals surface area contributed by atoms with Crippen LogP contribution in [0.1, 0.15) is 32.6 Å². The number of rotatable bonds is 0. The SMILES string of the molecule is C#S[C@H]1CCCC[C@H]1C. The van der Waals surface area contributed by atoms with Crippen molar-refractivity contribution >= 4 is 11.2 Å². The van der Waals surface area contributed by atoms with Crippen molar-refractivity contribution < 1.29 is 0 Å². The van der Waals surface area contributed by atoms with Crippen molar-refractivity contribution in [3.05, 3.63) is 0 Å². The summed E-state index contributed by atoms with van der Waals surface area (Å²) in [6, 6.07) is 0. The van der Waals surface area contributed by atoms with Gasteiger partial charge in [-0.3, -0.25) is 0 Å². The minimum Gasteiger partial charge on any atom is -0.134 e. The molecule has 1 aliphatic rings. The van der Waals surface area contributed by atoms with Crippen LogP contribution in [0.15, 0.2) is 0 Å². The Labute approximate surface area is 61.3 Å². The van der Waals surface area contributed by atoms with E-state index in [2.05, 4.69) is 6.92 Å². The molecule has 1 aliphatic carbocycles. The highest BCUT2D eigenvalue weighted by molar-refractivity contribution is 7.88. The van der Waals surface area contributed by atoms with Crippen LogP contribution in [0.2, 0.25) is 0 Å². The first-order valence-electron chi connectivity index (χ1n) is 3.70. The van der Waals surface area contributed by atoms with E-state index in [0.29, 0.717) is 0 Å². The Morgan fingerprint density at radius 3 is 2.44 bits per heavy atom. The molecule has 0 bridgehead atoms. The molecule has 0 heterocycles. The molecule has 0 spiro atoms. The fourth-order valence-corrected chi connectivity index (χ4v) is 2.19. The summed E-state index contributed by atoms with van der Waals surface area (Å²) in [5, 5.41) is 0.749. The molecule has 0 aromatic heterocycles. The predicted molar refractivity (Wildman–Crippen MR) is 44.0 cm³/mol. The third kappa shape index (κ3) is 1.70. The van der Waals surface area contributed by atoms with E-state index in [1.807, 2.05) is 0 Å². The van der Waals surface area contributed by atoms with Crippen LogP contribution in [0.3, 0.4) is 0 Å². The van der Waals surface area contributed by atoms with Crippen LogP contribution in [0.4, 0.5) is 0 Å². The standard InChI is InChI=1S/C8H14S/c1-7-5-3-4-6-8(7)9-2/h2,7-8H,3-6H2,1H3/t7-,8+/m1/s1. The lowest BCUT2D eigenvalue weighted by atomic mass is 9.90. The highest BCUT2D eigenvalue weighted by Gasteiger charge is 2.18. The Hall–Kier alpha value is 0. The number of hydrogen-bond donors (Lipinski definition) is 0. The van der Waals surface area contributed by atoms with E-state index in [-0.39, 0.29) is 0 Å². The van der Waals surface area contributed by atoms with E-state index in [1.54, 1.807) is 11.2 Å². The van der Waals surface area contributed by atoms with Gasteiger partial charge in [0, 0.05) is 5.25 Å². The lowest BCUT2D eigenvalue weighted by Gasteiger charge is -2.23. The summed E-state index contributed by atoms with van der Waals surface area (Å²) in [6.45, 7) is 2.31. The minimum absolute atomic E-state index is 0.749. The zero-order valence-corrected chi connectivity index (χ0v) is 6.79. The van der Waals surface area contributed by atoms with Gasteiger partial charge in [-0.25, -0.2) is 0 Å². The summed E-state index contributed by atoms with van der Waals surface area (Å²) in [5.41, 5.74) is 5.51. The monoisotopic (exact) mass is 142 g/mol. The highest BCUT2D eigenvalue weighted by Crippen LogP contribution is 2.28. The lowest BCUT2D eigenvalue weighted by Crippen LogP contribution is -2.16. The van der Waals surface area contributed by atoms with Crippen LogP contribution in [0.25, 0.3) is 0 Å². The van der Waals surface area contributed by atoms with E-state index in [9.17, 15) is 0 Å². The van der Waals surface area contributed by atoms with Crippen LogP contribution in [0, 0.1) is 11.6 Å². The molecule has 0 saturated heterocycles. The van der Waals surface area contributed by atoms with Gasteiger partial charge in [0.05, 0.1) is 0 Å². The zero-order valence-electron chi connectivity index (χ0n) is 5.97. The third-order valence-corrected chi connectivity index (χ3v) is 3.26. The molecule has 9 heavy (non-hydrogen) atoms. The maximum absolute atomic E-state index is 5.51. The summed E-state index contributed by atoms with van der Waals surface area (Å²) < 4.78 is 0. The molecule has 0 nitrogen and oxygen atoms in total. The molecule has 0 radical (unpaired) electrons. The molecule has 1 fully saturated rings. The molecule has 0 aromatic rings. The van der Waals surface area contributed by atoms with E-state index in [1.165, 1.54) is 25.7 Å². The van der Waals surface area contributed by atoms with Crippen molar-refractivity contribution in [2.24, 2.45) is 5.92 Å². The molecular formula is C8H14S. The molecule has 0 N–H and O–H groups in total. The molecule has 1 saturated carbocycles. The van der Waals surface area contributed by atoms with Gasteiger partial charge >= 0.3 is 0 Å². The van der Waals surface area contributed by atoms with Gasteiger partial charge in [0.15, 0.2) is 0 Å². The Kier molecular flexibility index (Phi) is 2.56. The largest absolute Gasteiger partial charge is 0.134 e. The first-order valence-corrected chi connectivity index (χ1v) is 4.64. The zero-order chi connectivity index (χ0) is 6.69. The second-order valence-electron chi connectivity index (χ2n) is 2.94. The van der Waals surface area contributed by atoms with Crippen molar-refractivity contribution in [2.45, 2.75) is 37.9 Å². The van der Waals surface area contributed by atoms with Gasteiger partial charge in [-0.15, -0.1) is 16.9 Å². The van der Waals surface area contributed by atoms with E-state index >= 15 is 0 Å². The van der Waals surface area contributed by atoms with E-state index in [0.717, 1.165) is 11.2 Å². The summed E-state index contributed by atoms with van der Waals surface area (Å²) >= 11 is 1.55. The van der Waals surface area contributed by atoms with Gasteiger partial charge in [-0.2, -0.15) is 0 Å². The third-order valence-electron chi connectivity index (χ3n) is 2.21. The molecular weight excluding hydrogens is 128 g/mol. The second-order valence-corrected chi connectivity index (χ2v) is 3.81. The molecule has 0 unspecified atom stereocenters. The molecule has 2 atom stereocenters. The molecule has 0 amide bonds. The van der Waals surface area contributed by atoms with Crippen molar-refractivity contribution in [1.29, 1.82) is 0 Å². The van der Waals surface area contributed by atoms with E-state index in [4.69, 9.17) is 5.69 Å². The molecule has 1 rings (SSSR count). The average Bonchev–Trinajstić information content (AvgIpc) is 1.89. The van der Waals surface area contributed by atoms with Gasteiger partial charge in [0.25, 0.3) is 0 Å². The van der Waals surface area contributed by atoms with Crippen molar-refractivity contribution in [2.75, 3.05) is 0 Å². The predicted octanol–water partition coefficient (Wildman–Crippen LogP) is 2.89. The van der Waals surface area contributed by atoms with Crippen LogP contribution >= 0.6 is 11.2 Å². The van der Waals surface area contributed by atoms with E-state index < -0.39 is 0 Å². The Morgan fingerprint density at radius 2 is 2.00 bits per heavy atom. The second kappa shape index (κ2) is 3.24. The van der Waals surface area contributed by atoms with Crippen molar-refractivity contribution in [3.8, 4) is 5.69 Å². The normalized spacial score (nSPS) is 36.0. The number of hydrogen-bond acceptors (Lipinski definition) is 0. The molecule has 0 aliphatic heterocycles. The summed E-state index contributed by atoms with van der Waals surface area (Å²) in [4.78, 5) is 0. The van der Waals surface area contributed by atoms with Gasteiger partial charge < -0.3 is 0 Å². The summed E-state index contributed by atoms with van der Waals surface area (Å²) in [6.07, 6.45) is 5.52.